The summed E-state index contributed by atoms with van der Waals surface area (Å²) in [5, 5.41) is 10.5. The smallest absolute Gasteiger partial charge is 0.133 e. The second-order valence-electron chi connectivity index (χ2n) is 4.72. The van der Waals surface area contributed by atoms with Crippen molar-refractivity contribution in [3.8, 4) is 11.5 Å². The summed E-state index contributed by atoms with van der Waals surface area (Å²) in [5.41, 5.74) is 1.60. The van der Waals surface area contributed by atoms with Crippen LogP contribution in [-0.4, -0.2) is 18.8 Å². The van der Waals surface area contributed by atoms with Crippen LogP contribution in [0.1, 0.15) is 30.6 Å². The Kier molecular flexibility index (Phi) is 5.65. The van der Waals surface area contributed by atoms with E-state index in [2.05, 4.69) is 22.9 Å². The molecule has 0 aliphatic carbocycles. The van der Waals surface area contributed by atoms with Crippen LogP contribution in [0.4, 0.5) is 0 Å². The van der Waals surface area contributed by atoms with Crippen molar-refractivity contribution >= 4 is 15.9 Å². The molecule has 0 saturated carbocycles. The minimum Gasteiger partial charge on any atom is -0.497 e. The van der Waals surface area contributed by atoms with Gasteiger partial charge >= 0.3 is 0 Å². The zero-order valence-corrected chi connectivity index (χ0v) is 13.8. The third-order valence-electron chi connectivity index (χ3n) is 3.14. The van der Waals surface area contributed by atoms with Crippen molar-refractivity contribution in [1.29, 1.82) is 0 Å². The minimum atomic E-state index is -0.698. The number of rotatable bonds is 6. The molecule has 2 aromatic rings. The highest BCUT2D eigenvalue weighted by Crippen LogP contribution is 2.31. The molecule has 0 spiro atoms. The van der Waals surface area contributed by atoms with Gasteiger partial charge in [0.15, 0.2) is 0 Å². The lowest BCUT2D eigenvalue weighted by molar-refractivity contribution is 0.219. The van der Waals surface area contributed by atoms with E-state index in [1.807, 2.05) is 42.5 Å². The zero-order valence-electron chi connectivity index (χ0n) is 12.2. The third kappa shape index (κ3) is 3.99. The number of hydrogen-bond donors (Lipinski definition) is 1. The van der Waals surface area contributed by atoms with E-state index in [-0.39, 0.29) is 0 Å². The molecule has 112 valence electrons. The summed E-state index contributed by atoms with van der Waals surface area (Å²) in [6, 6.07) is 13.1. The number of methoxy groups -OCH3 is 1. The van der Waals surface area contributed by atoms with Crippen molar-refractivity contribution in [2.24, 2.45) is 0 Å². The number of aliphatic hydroxyl groups excluding tert-OH is 1. The maximum Gasteiger partial charge on any atom is 0.133 e. The Balaban J connectivity index is 2.22. The molecule has 1 atom stereocenters. The Morgan fingerprint density at radius 2 is 1.90 bits per heavy atom. The first kappa shape index (κ1) is 15.9. The Morgan fingerprint density at radius 1 is 1.14 bits per heavy atom. The molecule has 0 bridgehead atoms. The first-order valence-electron chi connectivity index (χ1n) is 6.90. The van der Waals surface area contributed by atoms with E-state index >= 15 is 0 Å². The third-order valence-corrected chi connectivity index (χ3v) is 3.76. The number of aliphatic hydroxyl groups is 1. The van der Waals surface area contributed by atoms with Crippen LogP contribution >= 0.6 is 15.9 Å². The van der Waals surface area contributed by atoms with E-state index < -0.39 is 6.10 Å². The Morgan fingerprint density at radius 3 is 2.57 bits per heavy atom. The van der Waals surface area contributed by atoms with E-state index in [9.17, 15) is 5.11 Å². The van der Waals surface area contributed by atoms with E-state index in [1.54, 1.807) is 7.11 Å². The first-order valence-corrected chi connectivity index (χ1v) is 7.69. The van der Waals surface area contributed by atoms with E-state index in [0.717, 1.165) is 33.5 Å². The maximum absolute atomic E-state index is 10.5. The summed E-state index contributed by atoms with van der Waals surface area (Å²) < 4.78 is 11.6. The second-order valence-corrected chi connectivity index (χ2v) is 5.57. The van der Waals surface area contributed by atoms with Crippen LogP contribution in [0.2, 0.25) is 0 Å². The van der Waals surface area contributed by atoms with Crippen LogP contribution in [0.15, 0.2) is 46.9 Å². The molecule has 3 nitrogen and oxygen atoms in total. The topological polar surface area (TPSA) is 38.7 Å². The first-order chi connectivity index (χ1) is 10.2. The van der Waals surface area contributed by atoms with Crippen molar-refractivity contribution < 1.29 is 14.6 Å². The standard InChI is InChI=1S/C17H19BrO3/c1-3-9-21-16-8-7-13(11-15(16)18)17(19)12-5-4-6-14(10-12)20-2/h4-8,10-11,17,19H,3,9H2,1-2H3. The molecule has 0 aliphatic rings. The molecular formula is C17H19BrO3. The molecule has 0 radical (unpaired) electrons. The van der Waals surface area contributed by atoms with Gasteiger partial charge in [-0.1, -0.05) is 25.1 Å². The average molecular weight is 351 g/mol. The van der Waals surface area contributed by atoms with Crippen LogP contribution in [0.5, 0.6) is 11.5 Å². The molecule has 0 aromatic heterocycles. The van der Waals surface area contributed by atoms with Gasteiger partial charge in [-0.2, -0.15) is 0 Å². The summed E-state index contributed by atoms with van der Waals surface area (Å²) in [6.45, 7) is 2.74. The number of ether oxygens (including phenoxy) is 2. The van der Waals surface area contributed by atoms with Crippen LogP contribution < -0.4 is 9.47 Å². The Hall–Kier alpha value is -1.52. The van der Waals surface area contributed by atoms with Gasteiger partial charge in [-0.15, -0.1) is 0 Å². The number of hydrogen-bond acceptors (Lipinski definition) is 3. The molecule has 0 fully saturated rings. The van der Waals surface area contributed by atoms with Gasteiger partial charge in [0.25, 0.3) is 0 Å². The monoisotopic (exact) mass is 350 g/mol. The van der Waals surface area contributed by atoms with Crippen LogP contribution in [0.25, 0.3) is 0 Å². The van der Waals surface area contributed by atoms with Crippen LogP contribution in [0, 0.1) is 0 Å². The SMILES string of the molecule is CCCOc1ccc(C(O)c2cccc(OC)c2)cc1Br. The Labute approximate surface area is 133 Å². The summed E-state index contributed by atoms with van der Waals surface area (Å²) in [7, 11) is 1.61. The fourth-order valence-corrected chi connectivity index (χ4v) is 2.53. The number of halogens is 1. The van der Waals surface area contributed by atoms with E-state index in [4.69, 9.17) is 9.47 Å². The predicted molar refractivity (Wildman–Crippen MR) is 87.0 cm³/mol. The van der Waals surface area contributed by atoms with Gasteiger partial charge in [-0.3, -0.25) is 0 Å². The molecule has 2 aromatic carbocycles. The maximum atomic E-state index is 10.5. The predicted octanol–water partition coefficient (Wildman–Crippen LogP) is 4.33. The van der Waals surface area contributed by atoms with Crippen LogP contribution in [-0.2, 0) is 0 Å². The van der Waals surface area contributed by atoms with E-state index in [0.29, 0.717) is 6.61 Å². The molecule has 0 saturated heterocycles. The molecule has 0 heterocycles. The molecule has 0 amide bonds. The van der Waals surface area contributed by atoms with Gasteiger partial charge < -0.3 is 14.6 Å². The van der Waals surface area contributed by atoms with Crippen molar-refractivity contribution in [1.82, 2.24) is 0 Å². The molecule has 1 N–H and O–H groups in total. The van der Waals surface area contributed by atoms with Gasteiger partial charge in [-0.25, -0.2) is 0 Å². The quantitative estimate of drug-likeness (QED) is 0.842. The van der Waals surface area contributed by atoms with Gasteiger partial charge in [0.2, 0.25) is 0 Å². The minimum absolute atomic E-state index is 0.677. The van der Waals surface area contributed by atoms with Crippen molar-refractivity contribution in [3.05, 3.63) is 58.1 Å². The van der Waals surface area contributed by atoms with Gasteiger partial charge in [0.05, 0.1) is 18.2 Å². The Bertz CT molecular complexity index is 598. The molecule has 0 aliphatic heterocycles. The molecular weight excluding hydrogens is 332 g/mol. The van der Waals surface area contributed by atoms with E-state index in [1.165, 1.54) is 0 Å². The highest BCUT2D eigenvalue weighted by atomic mass is 79.9. The molecule has 21 heavy (non-hydrogen) atoms. The van der Waals surface area contributed by atoms with Gasteiger partial charge in [-0.05, 0) is 57.7 Å². The average Bonchev–Trinajstić information content (AvgIpc) is 2.53. The normalized spacial score (nSPS) is 12.0. The summed E-state index contributed by atoms with van der Waals surface area (Å²) >= 11 is 3.49. The lowest BCUT2D eigenvalue weighted by Crippen LogP contribution is -2.01. The molecule has 2 rings (SSSR count). The summed E-state index contributed by atoms with van der Waals surface area (Å²) in [5.74, 6) is 1.52. The van der Waals surface area contributed by atoms with Crippen molar-refractivity contribution in [2.75, 3.05) is 13.7 Å². The highest BCUT2D eigenvalue weighted by Gasteiger charge is 2.13. The molecule has 1 unspecified atom stereocenters. The summed E-state index contributed by atoms with van der Waals surface area (Å²) in [6.07, 6.45) is 0.261. The van der Waals surface area contributed by atoms with Crippen molar-refractivity contribution in [2.45, 2.75) is 19.4 Å². The fraction of sp³-hybridized carbons (Fsp3) is 0.294. The second kappa shape index (κ2) is 7.48. The highest BCUT2D eigenvalue weighted by molar-refractivity contribution is 9.10. The van der Waals surface area contributed by atoms with Crippen LogP contribution in [0.3, 0.4) is 0 Å². The molecule has 4 heteroatoms. The van der Waals surface area contributed by atoms with Gasteiger partial charge in [0.1, 0.15) is 17.6 Å². The van der Waals surface area contributed by atoms with Gasteiger partial charge in [0, 0.05) is 0 Å². The largest absolute Gasteiger partial charge is 0.497 e. The summed E-state index contributed by atoms with van der Waals surface area (Å²) in [4.78, 5) is 0. The zero-order chi connectivity index (χ0) is 15.2. The number of benzene rings is 2. The fourth-order valence-electron chi connectivity index (χ4n) is 2.02. The lowest BCUT2D eigenvalue weighted by Gasteiger charge is -2.14. The van der Waals surface area contributed by atoms with Crippen molar-refractivity contribution in [3.63, 3.8) is 0 Å². The lowest BCUT2D eigenvalue weighted by atomic mass is 10.0.